The lowest BCUT2D eigenvalue weighted by atomic mass is 10.1. The van der Waals surface area contributed by atoms with E-state index < -0.39 is 18.8 Å². The summed E-state index contributed by atoms with van der Waals surface area (Å²) in [5.74, 6) is -0.461. The minimum Gasteiger partial charge on any atom is -0.490 e. The first kappa shape index (κ1) is 16.5. The molecule has 0 fully saturated rings. The van der Waals surface area contributed by atoms with Crippen molar-refractivity contribution in [3.63, 3.8) is 0 Å². The average Bonchev–Trinajstić information content (AvgIpc) is 2.31. The maximum absolute atomic E-state index is 12.8. The fourth-order valence-electron chi connectivity index (χ4n) is 1.69. The Morgan fingerprint density at radius 2 is 1.85 bits per heavy atom. The van der Waals surface area contributed by atoms with Crippen LogP contribution in [0.3, 0.4) is 0 Å². The van der Waals surface area contributed by atoms with Crippen molar-refractivity contribution < 1.29 is 31.4 Å². The van der Waals surface area contributed by atoms with Gasteiger partial charge in [-0.2, -0.15) is 22.0 Å². The lowest BCUT2D eigenvalue weighted by Crippen LogP contribution is -2.31. The molecule has 8 heteroatoms. The first-order valence-corrected chi connectivity index (χ1v) is 5.75. The van der Waals surface area contributed by atoms with E-state index >= 15 is 0 Å². The van der Waals surface area contributed by atoms with E-state index in [1.165, 1.54) is 0 Å². The van der Waals surface area contributed by atoms with Crippen molar-refractivity contribution in [2.45, 2.75) is 25.8 Å². The molecular weight excluding hydrogens is 285 g/mol. The Labute approximate surface area is 112 Å². The number of hydrogen-bond acceptors (Lipinski definition) is 3. The summed E-state index contributed by atoms with van der Waals surface area (Å²) in [5.41, 5.74) is -0.148. The zero-order chi connectivity index (χ0) is 15.3. The smallest absolute Gasteiger partial charge is 0.407 e. The van der Waals surface area contributed by atoms with Gasteiger partial charge in [0.25, 0.3) is 0 Å². The summed E-state index contributed by atoms with van der Waals surface area (Å²) in [5, 5.41) is 2.12. The third kappa shape index (κ3) is 4.22. The van der Waals surface area contributed by atoms with Crippen molar-refractivity contribution in [2.24, 2.45) is 0 Å². The van der Waals surface area contributed by atoms with Gasteiger partial charge in [0.2, 0.25) is 0 Å². The van der Waals surface area contributed by atoms with Crippen LogP contribution in [0.1, 0.15) is 18.5 Å². The molecule has 114 valence electrons. The molecule has 0 bridgehead atoms. The molecular formula is C12H14F5NO2. The SMILES string of the molecule is CCOc1cc(C(NC)C(F)(F)F)ccc1OC(F)F. The number of benzene rings is 1. The van der Waals surface area contributed by atoms with Gasteiger partial charge in [0.05, 0.1) is 6.61 Å². The van der Waals surface area contributed by atoms with E-state index in [0.29, 0.717) is 0 Å². The summed E-state index contributed by atoms with van der Waals surface area (Å²) in [4.78, 5) is 0. The number of halogens is 5. The van der Waals surface area contributed by atoms with Gasteiger partial charge in [0, 0.05) is 0 Å². The number of ether oxygens (including phenoxy) is 2. The Kier molecular flexibility index (Phi) is 5.55. The third-order valence-electron chi connectivity index (χ3n) is 2.43. The summed E-state index contributed by atoms with van der Waals surface area (Å²) in [6.45, 7) is -1.39. The minimum absolute atomic E-state index is 0.110. The molecule has 0 saturated heterocycles. The molecule has 1 aromatic carbocycles. The highest BCUT2D eigenvalue weighted by Gasteiger charge is 2.40. The van der Waals surface area contributed by atoms with Crippen molar-refractivity contribution in [3.05, 3.63) is 23.8 Å². The van der Waals surface area contributed by atoms with E-state index in [1.807, 2.05) is 0 Å². The van der Waals surface area contributed by atoms with Gasteiger partial charge in [0.1, 0.15) is 6.04 Å². The van der Waals surface area contributed by atoms with Crippen LogP contribution in [0.4, 0.5) is 22.0 Å². The van der Waals surface area contributed by atoms with Gasteiger partial charge in [-0.15, -0.1) is 0 Å². The highest BCUT2D eigenvalue weighted by molar-refractivity contribution is 5.44. The minimum atomic E-state index is -4.51. The zero-order valence-corrected chi connectivity index (χ0v) is 10.8. The number of alkyl halides is 5. The van der Waals surface area contributed by atoms with E-state index in [0.717, 1.165) is 25.2 Å². The van der Waals surface area contributed by atoms with Gasteiger partial charge in [0.15, 0.2) is 11.5 Å². The Balaban J connectivity index is 3.14. The Morgan fingerprint density at radius 1 is 1.20 bits per heavy atom. The molecule has 1 rings (SSSR count). The van der Waals surface area contributed by atoms with Crippen molar-refractivity contribution >= 4 is 0 Å². The van der Waals surface area contributed by atoms with E-state index in [-0.39, 0.29) is 23.7 Å². The quantitative estimate of drug-likeness (QED) is 0.815. The van der Waals surface area contributed by atoms with Crippen LogP contribution in [0, 0.1) is 0 Å². The highest BCUT2D eigenvalue weighted by atomic mass is 19.4. The molecule has 0 saturated carbocycles. The van der Waals surface area contributed by atoms with E-state index in [9.17, 15) is 22.0 Å². The standard InChI is InChI=1S/C12H14F5NO2/c1-3-19-9-6-7(10(18-2)12(15,16)17)4-5-8(9)20-11(13)14/h4-6,10-11,18H,3H2,1-2H3. The lowest BCUT2D eigenvalue weighted by molar-refractivity contribution is -0.156. The van der Waals surface area contributed by atoms with E-state index in [4.69, 9.17) is 4.74 Å². The topological polar surface area (TPSA) is 30.5 Å². The largest absolute Gasteiger partial charge is 0.490 e. The molecule has 20 heavy (non-hydrogen) atoms. The van der Waals surface area contributed by atoms with Gasteiger partial charge in [-0.05, 0) is 31.7 Å². The summed E-state index contributed by atoms with van der Waals surface area (Å²) in [6, 6.07) is 1.22. The molecule has 1 atom stereocenters. The summed E-state index contributed by atoms with van der Waals surface area (Å²) in [6.07, 6.45) is -4.51. The molecule has 3 nitrogen and oxygen atoms in total. The molecule has 0 heterocycles. The number of hydrogen-bond donors (Lipinski definition) is 1. The Hall–Kier alpha value is -1.57. The summed E-state index contributed by atoms with van der Waals surface area (Å²) < 4.78 is 71.9. The Bertz CT molecular complexity index is 436. The molecule has 1 unspecified atom stereocenters. The molecule has 0 spiro atoms. The maximum atomic E-state index is 12.8. The van der Waals surface area contributed by atoms with Crippen LogP contribution in [0.5, 0.6) is 11.5 Å². The number of rotatable bonds is 6. The molecule has 1 aromatic rings. The van der Waals surface area contributed by atoms with Gasteiger partial charge in [-0.3, -0.25) is 0 Å². The van der Waals surface area contributed by atoms with Crippen LogP contribution in [0.25, 0.3) is 0 Å². The van der Waals surface area contributed by atoms with Crippen molar-refractivity contribution in [1.82, 2.24) is 5.32 Å². The van der Waals surface area contributed by atoms with Crippen LogP contribution in [0.2, 0.25) is 0 Å². The number of nitrogens with one attached hydrogen (secondary N) is 1. The highest BCUT2D eigenvalue weighted by Crippen LogP contribution is 2.37. The van der Waals surface area contributed by atoms with Gasteiger partial charge in [-0.25, -0.2) is 0 Å². The van der Waals surface area contributed by atoms with Gasteiger partial charge in [-0.1, -0.05) is 6.07 Å². The van der Waals surface area contributed by atoms with Crippen molar-refractivity contribution in [2.75, 3.05) is 13.7 Å². The van der Waals surface area contributed by atoms with Crippen LogP contribution >= 0.6 is 0 Å². The molecule has 1 N–H and O–H groups in total. The molecule has 0 aromatic heterocycles. The predicted molar refractivity (Wildman–Crippen MR) is 62.1 cm³/mol. The van der Waals surface area contributed by atoms with Gasteiger partial charge >= 0.3 is 12.8 Å². The normalized spacial score (nSPS) is 13.4. The average molecular weight is 299 g/mol. The van der Waals surface area contributed by atoms with E-state index in [1.54, 1.807) is 6.92 Å². The van der Waals surface area contributed by atoms with Crippen LogP contribution in [-0.2, 0) is 0 Å². The van der Waals surface area contributed by atoms with E-state index in [2.05, 4.69) is 10.1 Å². The molecule has 0 radical (unpaired) electrons. The molecule has 0 aliphatic rings. The maximum Gasteiger partial charge on any atom is 0.407 e. The third-order valence-corrected chi connectivity index (χ3v) is 2.43. The lowest BCUT2D eigenvalue weighted by Gasteiger charge is -2.21. The summed E-state index contributed by atoms with van der Waals surface area (Å²) >= 11 is 0. The van der Waals surface area contributed by atoms with Gasteiger partial charge < -0.3 is 14.8 Å². The van der Waals surface area contributed by atoms with Crippen LogP contribution in [0.15, 0.2) is 18.2 Å². The second-order valence-corrected chi connectivity index (χ2v) is 3.78. The first-order chi connectivity index (χ1) is 9.29. The Morgan fingerprint density at radius 3 is 2.30 bits per heavy atom. The first-order valence-electron chi connectivity index (χ1n) is 5.75. The van der Waals surface area contributed by atoms with Crippen molar-refractivity contribution in [1.29, 1.82) is 0 Å². The van der Waals surface area contributed by atoms with Crippen LogP contribution < -0.4 is 14.8 Å². The fraction of sp³-hybridized carbons (Fsp3) is 0.500. The van der Waals surface area contributed by atoms with Crippen LogP contribution in [-0.4, -0.2) is 26.4 Å². The monoisotopic (exact) mass is 299 g/mol. The molecule has 0 amide bonds. The second kappa shape index (κ2) is 6.74. The molecule has 0 aliphatic carbocycles. The summed E-state index contributed by atoms with van der Waals surface area (Å²) in [7, 11) is 1.15. The predicted octanol–water partition coefficient (Wildman–Crippen LogP) is 3.51. The van der Waals surface area contributed by atoms with Crippen molar-refractivity contribution in [3.8, 4) is 11.5 Å². The fourth-order valence-corrected chi connectivity index (χ4v) is 1.69. The second-order valence-electron chi connectivity index (χ2n) is 3.78. The zero-order valence-electron chi connectivity index (χ0n) is 10.8. The molecule has 0 aliphatic heterocycles.